The summed E-state index contributed by atoms with van der Waals surface area (Å²) in [6.45, 7) is 10.5. The van der Waals surface area contributed by atoms with Gasteiger partial charge in [0.05, 0.1) is 12.0 Å². The highest BCUT2D eigenvalue weighted by molar-refractivity contribution is 7.10. The average molecular weight is 250 g/mol. The molecule has 1 unspecified atom stereocenters. The van der Waals surface area contributed by atoms with E-state index in [0.717, 1.165) is 19.5 Å². The van der Waals surface area contributed by atoms with Crippen LogP contribution in [0.4, 0.5) is 0 Å². The number of aryl methyl sites for hydroxylation is 1. The average Bonchev–Trinajstić information content (AvgIpc) is 2.71. The summed E-state index contributed by atoms with van der Waals surface area (Å²) < 4.78 is 0. The largest absolute Gasteiger partial charge is 0.315 e. The molecule has 0 aliphatic heterocycles. The highest BCUT2D eigenvalue weighted by Crippen LogP contribution is 2.30. The zero-order chi connectivity index (χ0) is 12.9. The van der Waals surface area contributed by atoms with E-state index < -0.39 is 0 Å². The van der Waals surface area contributed by atoms with Gasteiger partial charge in [-0.25, -0.2) is 0 Å². The minimum Gasteiger partial charge on any atom is -0.315 e. The highest BCUT2D eigenvalue weighted by atomic mass is 32.1. The molecule has 1 heterocycles. The van der Waals surface area contributed by atoms with Crippen LogP contribution in [0, 0.1) is 24.2 Å². The molecule has 0 aliphatic rings. The van der Waals surface area contributed by atoms with Gasteiger partial charge in [0.1, 0.15) is 0 Å². The van der Waals surface area contributed by atoms with E-state index in [1.165, 1.54) is 10.4 Å². The first-order valence-electron chi connectivity index (χ1n) is 6.16. The molecule has 0 saturated heterocycles. The molecule has 0 amide bonds. The Kier molecular flexibility index (Phi) is 5.17. The van der Waals surface area contributed by atoms with Crippen LogP contribution in [0.2, 0.25) is 0 Å². The van der Waals surface area contributed by atoms with Gasteiger partial charge >= 0.3 is 0 Å². The summed E-state index contributed by atoms with van der Waals surface area (Å²) >= 11 is 1.82. The topological polar surface area (TPSA) is 35.8 Å². The molecule has 1 rings (SSSR count). The van der Waals surface area contributed by atoms with Crippen molar-refractivity contribution >= 4 is 11.3 Å². The third-order valence-corrected chi connectivity index (χ3v) is 4.49. The van der Waals surface area contributed by atoms with E-state index >= 15 is 0 Å². The number of hydrogen-bond donors (Lipinski definition) is 1. The molecule has 94 valence electrons. The van der Waals surface area contributed by atoms with Gasteiger partial charge < -0.3 is 5.32 Å². The fourth-order valence-corrected chi connectivity index (χ4v) is 3.04. The summed E-state index contributed by atoms with van der Waals surface area (Å²) in [6, 6.07) is 4.50. The Morgan fingerprint density at radius 2 is 2.24 bits per heavy atom. The maximum atomic E-state index is 8.90. The first-order valence-corrected chi connectivity index (χ1v) is 7.04. The smallest absolute Gasteiger partial charge is 0.0669 e. The number of nitriles is 1. The van der Waals surface area contributed by atoms with Crippen LogP contribution in [-0.4, -0.2) is 13.1 Å². The van der Waals surface area contributed by atoms with E-state index in [-0.39, 0.29) is 11.3 Å². The quantitative estimate of drug-likeness (QED) is 0.839. The fraction of sp³-hybridized carbons (Fsp3) is 0.643. The summed E-state index contributed by atoms with van der Waals surface area (Å²) in [5, 5.41) is 14.5. The van der Waals surface area contributed by atoms with Crippen LogP contribution >= 0.6 is 11.3 Å². The highest BCUT2D eigenvalue weighted by Gasteiger charge is 2.23. The van der Waals surface area contributed by atoms with Gasteiger partial charge in [0, 0.05) is 23.4 Å². The van der Waals surface area contributed by atoms with E-state index in [9.17, 15) is 0 Å². The van der Waals surface area contributed by atoms with Gasteiger partial charge in [-0.15, -0.1) is 11.3 Å². The molecule has 2 nitrogen and oxygen atoms in total. The van der Waals surface area contributed by atoms with E-state index in [4.69, 9.17) is 5.26 Å². The van der Waals surface area contributed by atoms with Gasteiger partial charge in [-0.2, -0.15) is 5.26 Å². The van der Waals surface area contributed by atoms with E-state index in [1.807, 2.05) is 11.3 Å². The van der Waals surface area contributed by atoms with Crippen LogP contribution in [0.3, 0.4) is 0 Å². The van der Waals surface area contributed by atoms with Crippen molar-refractivity contribution < 1.29 is 0 Å². The number of nitrogens with one attached hydrogen (secondary N) is 1. The second-order valence-corrected chi connectivity index (χ2v) is 6.10. The Bertz CT molecular complexity index is 387. The van der Waals surface area contributed by atoms with Crippen molar-refractivity contribution in [2.45, 2.75) is 39.5 Å². The lowest BCUT2D eigenvalue weighted by molar-refractivity contribution is 0.449. The lowest BCUT2D eigenvalue weighted by Crippen LogP contribution is -2.35. The van der Waals surface area contributed by atoms with Gasteiger partial charge in [0.2, 0.25) is 0 Å². The second kappa shape index (κ2) is 6.18. The molecular formula is C14H22N2S. The van der Waals surface area contributed by atoms with E-state index in [1.54, 1.807) is 0 Å². The van der Waals surface area contributed by atoms with Gasteiger partial charge in [0.15, 0.2) is 0 Å². The number of nitrogens with zero attached hydrogens (tertiary/aromatic N) is 1. The van der Waals surface area contributed by atoms with Crippen LogP contribution < -0.4 is 5.32 Å². The lowest BCUT2D eigenvalue weighted by Gasteiger charge is -2.25. The molecule has 1 N–H and O–H groups in total. The molecule has 0 saturated carbocycles. The molecule has 0 aromatic carbocycles. The van der Waals surface area contributed by atoms with Crippen molar-refractivity contribution in [2.75, 3.05) is 13.1 Å². The summed E-state index contributed by atoms with van der Waals surface area (Å²) in [5.74, 6) is 0.134. The van der Waals surface area contributed by atoms with Gasteiger partial charge in [-0.3, -0.25) is 0 Å². The number of thiophene rings is 1. The van der Waals surface area contributed by atoms with E-state index in [2.05, 4.69) is 50.5 Å². The maximum absolute atomic E-state index is 8.90. The number of hydrogen-bond acceptors (Lipinski definition) is 3. The SMILES string of the molecule is CCC(C#N)CNCC(C)(C)c1sccc1C. The number of rotatable bonds is 6. The van der Waals surface area contributed by atoms with Crippen molar-refractivity contribution in [2.24, 2.45) is 5.92 Å². The summed E-state index contributed by atoms with van der Waals surface area (Å²) in [6.07, 6.45) is 0.919. The Hall–Kier alpha value is -0.850. The van der Waals surface area contributed by atoms with Crippen LogP contribution in [0.25, 0.3) is 0 Å². The summed E-state index contributed by atoms with van der Waals surface area (Å²) in [7, 11) is 0. The van der Waals surface area contributed by atoms with Crippen molar-refractivity contribution in [1.29, 1.82) is 5.26 Å². The Balaban J connectivity index is 2.51. The van der Waals surface area contributed by atoms with Crippen LogP contribution in [-0.2, 0) is 5.41 Å². The standard InChI is InChI=1S/C14H22N2S/c1-5-12(8-15)9-16-10-14(3,4)13-11(2)6-7-17-13/h6-7,12,16H,5,9-10H2,1-4H3. The predicted octanol–water partition coefficient (Wildman–Crippen LogP) is 3.47. The maximum Gasteiger partial charge on any atom is 0.0669 e. The molecule has 0 bridgehead atoms. The first-order chi connectivity index (χ1) is 8.01. The van der Waals surface area contributed by atoms with Crippen LogP contribution in [0.15, 0.2) is 11.4 Å². The minimum atomic E-state index is 0.134. The molecule has 0 aliphatic carbocycles. The molecule has 0 fully saturated rings. The molecular weight excluding hydrogens is 228 g/mol. The van der Waals surface area contributed by atoms with E-state index in [0.29, 0.717) is 0 Å². The predicted molar refractivity (Wildman–Crippen MR) is 74.3 cm³/mol. The van der Waals surface area contributed by atoms with Crippen molar-refractivity contribution in [3.8, 4) is 6.07 Å². The zero-order valence-corrected chi connectivity index (χ0v) is 12.0. The third-order valence-electron chi connectivity index (χ3n) is 3.11. The zero-order valence-electron chi connectivity index (χ0n) is 11.2. The van der Waals surface area contributed by atoms with Crippen LogP contribution in [0.5, 0.6) is 0 Å². The minimum absolute atomic E-state index is 0.134. The van der Waals surface area contributed by atoms with Gasteiger partial charge in [-0.05, 0) is 30.4 Å². The normalized spacial score (nSPS) is 13.4. The molecule has 17 heavy (non-hydrogen) atoms. The van der Waals surface area contributed by atoms with Gasteiger partial charge in [0.25, 0.3) is 0 Å². The molecule has 0 radical (unpaired) electrons. The summed E-state index contributed by atoms with van der Waals surface area (Å²) in [4.78, 5) is 1.44. The molecule has 3 heteroatoms. The van der Waals surface area contributed by atoms with Crippen molar-refractivity contribution in [3.63, 3.8) is 0 Å². The molecule has 1 aromatic rings. The second-order valence-electron chi connectivity index (χ2n) is 5.18. The first kappa shape index (κ1) is 14.2. The summed E-state index contributed by atoms with van der Waals surface area (Å²) in [5.41, 5.74) is 1.51. The van der Waals surface area contributed by atoms with Crippen molar-refractivity contribution in [3.05, 3.63) is 21.9 Å². The molecule has 1 aromatic heterocycles. The van der Waals surface area contributed by atoms with Crippen molar-refractivity contribution in [1.82, 2.24) is 5.32 Å². The lowest BCUT2D eigenvalue weighted by atomic mass is 9.89. The fourth-order valence-electron chi connectivity index (χ4n) is 1.99. The Morgan fingerprint density at radius 3 is 2.71 bits per heavy atom. The molecule has 0 spiro atoms. The molecule has 1 atom stereocenters. The Labute approximate surface area is 109 Å². The monoisotopic (exact) mass is 250 g/mol. The van der Waals surface area contributed by atoms with Crippen LogP contribution in [0.1, 0.15) is 37.6 Å². The van der Waals surface area contributed by atoms with Gasteiger partial charge in [-0.1, -0.05) is 20.8 Å². The third kappa shape index (κ3) is 3.83. The Morgan fingerprint density at radius 1 is 1.53 bits per heavy atom.